The maximum atomic E-state index is 3.63. The van der Waals surface area contributed by atoms with Gasteiger partial charge in [0.25, 0.3) is 0 Å². The van der Waals surface area contributed by atoms with Gasteiger partial charge in [-0.1, -0.05) is 24.3 Å². The molecule has 2 heteroatoms. The molecule has 0 heterocycles. The van der Waals surface area contributed by atoms with Crippen molar-refractivity contribution in [2.24, 2.45) is 17.8 Å². The van der Waals surface area contributed by atoms with Crippen LogP contribution >= 0.6 is 0 Å². The number of hydrogen-bond donors (Lipinski definition) is 1. The van der Waals surface area contributed by atoms with Gasteiger partial charge < -0.3 is 10.2 Å². The highest BCUT2D eigenvalue weighted by atomic mass is 15.0. The lowest BCUT2D eigenvalue weighted by molar-refractivity contribution is 0.402. The van der Waals surface area contributed by atoms with E-state index in [1.54, 1.807) is 0 Å². The minimum Gasteiger partial charge on any atom is -0.385 e. The van der Waals surface area contributed by atoms with Crippen LogP contribution in [0.2, 0.25) is 0 Å². The molecule has 2 nitrogen and oxygen atoms in total. The predicted octanol–water partition coefficient (Wildman–Crippen LogP) is 3.37. The Labute approximate surface area is 116 Å². The number of fused-ring (bicyclic) bond motifs is 2. The topological polar surface area (TPSA) is 15.3 Å². The van der Waals surface area contributed by atoms with Crippen LogP contribution in [0.15, 0.2) is 36.4 Å². The minimum absolute atomic E-state index is 0.836. The SMILES string of the molecule is CN(C)Cc1cccc(NCC2CC3C=CC2C3)c1. The molecule has 0 aliphatic heterocycles. The number of benzene rings is 1. The van der Waals surface area contributed by atoms with Crippen molar-refractivity contribution < 1.29 is 0 Å². The van der Waals surface area contributed by atoms with Crippen molar-refractivity contribution in [1.29, 1.82) is 0 Å². The van der Waals surface area contributed by atoms with Gasteiger partial charge in [0.05, 0.1) is 0 Å². The Morgan fingerprint density at radius 3 is 2.79 bits per heavy atom. The molecule has 0 spiro atoms. The maximum absolute atomic E-state index is 3.63. The third-order valence-electron chi connectivity index (χ3n) is 4.41. The van der Waals surface area contributed by atoms with Gasteiger partial charge in [0, 0.05) is 18.8 Å². The number of anilines is 1. The van der Waals surface area contributed by atoms with Crippen LogP contribution in [0.4, 0.5) is 5.69 Å². The van der Waals surface area contributed by atoms with Crippen molar-refractivity contribution in [3.05, 3.63) is 42.0 Å². The van der Waals surface area contributed by atoms with Crippen molar-refractivity contribution in [1.82, 2.24) is 4.90 Å². The monoisotopic (exact) mass is 256 g/mol. The molecule has 0 saturated heterocycles. The maximum Gasteiger partial charge on any atom is 0.0343 e. The Morgan fingerprint density at radius 2 is 2.11 bits per heavy atom. The smallest absolute Gasteiger partial charge is 0.0343 e. The summed E-state index contributed by atoms with van der Waals surface area (Å²) < 4.78 is 0. The first kappa shape index (κ1) is 12.7. The summed E-state index contributed by atoms with van der Waals surface area (Å²) in [6, 6.07) is 8.82. The normalized spacial score (nSPS) is 28.3. The lowest BCUT2D eigenvalue weighted by Gasteiger charge is -2.19. The van der Waals surface area contributed by atoms with Crippen LogP contribution in [0.25, 0.3) is 0 Å². The van der Waals surface area contributed by atoms with Gasteiger partial charge >= 0.3 is 0 Å². The van der Waals surface area contributed by atoms with E-state index in [-0.39, 0.29) is 0 Å². The Balaban J connectivity index is 1.56. The highest BCUT2D eigenvalue weighted by Gasteiger charge is 2.35. The minimum atomic E-state index is 0.836. The van der Waals surface area contributed by atoms with E-state index in [1.807, 2.05) is 0 Å². The van der Waals surface area contributed by atoms with Crippen molar-refractivity contribution in [2.45, 2.75) is 19.4 Å². The molecule has 0 aromatic heterocycles. The molecule has 3 atom stereocenters. The van der Waals surface area contributed by atoms with Crippen LogP contribution in [0.1, 0.15) is 18.4 Å². The summed E-state index contributed by atoms with van der Waals surface area (Å²) in [5, 5.41) is 3.63. The average Bonchev–Trinajstić information content (AvgIpc) is 2.98. The second kappa shape index (κ2) is 5.38. The molecular weight excluding hydrogens is 232 g/mol. The zero-order valence-electron chi connectivity index (χ0n) is 12.0. The van der Waals surface area contributed by atoms with Crippen molar-refractivity contribution in [2.75, 3.05) is 26.0 Å². The Morgan fingerprint density at radius 1 is 1.21 bits per heavy atom. The van der Waals surface area contributed by atoms with E-state index >= 15 is 0 Å². The molecular formula is C17H24N2. The van der Waals surface area contributed by atoms with E-state index < -0.39 is 0 Å². The molecule has 19 heavy (non-hydrogen) atoms. The number of nitrogens with one attached hydrogen (secondary N) is 1. The number of rotatable bonds is 5. The zero-order valence-corrected chi connectivity index (χ0v) is 12.0. The largest absolute Gasteiger partial charge is 0.385 e. The van der Waals surface area contributed by atoms with Crippen molar-refractivity contribution >= 4 is 5.69 Å². The second-order valence-electron chi connectivity index (χ2n) is 6.36. The first-order chi connectivity index (χ1) is 9.20. The van der Waals surface area contributed by atoms with Crippen LogP contribution in [0, 0.1) is 17.8 Å². The quantitative estimate of drug-likeness (QED) is 0.813. The van der Waals surface area contributed by atoms with Gasteiger partial charge in [-0.2, -0.15) is 0 Å². The molecule has 2 aliphatic carbocycles. The van der Waals surface area contributed by atoms with E-state index in [9.17, 15) is 0 Å². The molecule has 2 bridgehead atoms. The third-order valence-corrected chi connectivity index (χ3v) is 4.41. The molecule has 1 aromatic carbocycles. The van der Waals surface area contributed by atoms with E-state index in [0.717, 1.165) is 30.8 Å². The van der Waals surface area contributed by atoms with Crippen molar-refractivity contribution in [3.8, 4) is 0 Å². The van der Waals surface area contributed by atoms with E-state index in [4.69, 9.17) is 0 Å². The fourth-order valence-corrected chi connectivity index (χ4v) is 3.52. The van der Waals surface area contributed by atoms with Crippen LogP contribution in [-0.2, 0) is 6.54 Å². The fraction of sp³-hybridized carbons (Fsp3) is 0.529. The molecule has 1 saturated carbocycles. The van der Waals surface area contributed by atoms with Gasteiger partial charge in [0.2, 0.25) is 0 Å². The summed E-state index contributed by atoms with van der Waals surface area (Å²) >= 11 is 0. The van der Waals surface area contributed by atoms with Gasteiger partial charge in [0.1, 0.15) is 0 Å². The van der Waals surface area contributed by atoms with Gasteiger partial charge in [-0.25, -0.2) is 0 Å². The van der Waals surface area contributed by atoms with E-state index in [2.05, 4.69) is 60.7 Å². The molecule has 1 fully saturated rings. The first-order valence-corrected chi connectivity index (χ1v) is 7.36. The third kappa shape index (κ3) is 3.01. The lowest BCUT2D eigenvalue weighted by Crippen LogP contribution is -2.18. The second-order valence-corrected chi connectivity index (χ2v) is 6.36. The summed E-state index contributed by atoms with van der Waals surface area (Å²) in [7, 11) is 4.23. The van der Waals surface area contributed by atoms with Gasteiger partial charge in [-0.15, -0.1) is 0 Å². The summed E-state index contributed by atoms with van der Waals surface area (Å²) in [6.45, 7) is 2.13. The number of allylic oxidation sites excluding steroid dienone is 2. The predicted molar refractivity (Wildman–Crippen MR) is 81.2 cm³/mol. The number of nitrogens with zero attached hydrogens (tertiary/aromatic N) is 1. The molecule has 0 amide bonds. The lowest BCUT2D eigenvalue weighted by atomic mass is 9.93. The average molecular weight is 256 g/mol. The molecule has 1 N–H and O–H groups in total. The standard InChI is InChI=1S/C17H24N2/c1-19(2)12-14-4-3-5-17(10-14)18-11-16-9-13-6-7-15(16)8-13/h3-7,10,13,15-16,18H,8-9,11-12H2,1-2H3. The zero-order chi connectivity index (χ0) is 13.2. The van der Waals surface area contributed by atoms with Crippen LogP contribution in [0.3, 0.4) is 0 Å². The Bertz CT molecular complexity index is 464. The fourth-order valence-electron chi connectivity index (χ4n) is 3.52. The number of hydrogen-bond acceptors (Lipinski definition) is 2. The molecule has 2 aliphatic rings. The van der Waals surface area contributed by atoms with Crippen molar-refractivity contribution in [3.63, 3.8) is 0 Å². The van der Waals surface area contributed by atoms with Gasteiger partial charge in [-0.05, 0) is 62.4 Å². The Kier molecular flexibility index (Phi) is 3.61. The molecule has 3 unspecified atom stereocenters. The summed E-state index contributed by atoms with van der Waals surface area (Å²) in [4.78, 5) is 2.21. The molecule has 102 valence electrons. The first-order valence-electron chi connectivity index (χ1n) is 7.36. The van der Waals surface area contributed by atoms with Crippen LogP contribution < -0.4 is 5.32 Å². The molecule has 0 radical (unpaired) electrons. The Hall–Kier alpha value is -1.28. The summed E-state index contributed by atoms with van der Waals surface area (Å²) in [5.74, 6) is 2.55. The van der Waals surface area contributed by atoms with Gasteiger partial charge in [0.15, 0.2) is 0 Å². The van der Waals surface area contributed by atoms with Crippen LogP contribution in [-0.4, -0.2) is 25.5 Å². The highest BCUT2D eigenvalue weighted by Crippen LogP contribution is 2.43. The summed E-state index contributed by atoms with van der Waals surface area (Å²) in [6.07, 6.45) is 7.63. The molecule has 3 rings (SSSR count). The van der Waals surface area contributed by atoms with Gasteiger partial charge in [-0.3, -0.25) is 0 Å². The van der Waals surface area contributed by atoms with Crippen LogP contribution in [0.5, 0.6) is 0 Å². The highest BCUT2D eigenvalue weighted by molar-refractivity contribution is 5.45. The summed E-state index contributed by atoms with van der Waals surface area (Å²) in [5.41, 5.74) is 2.65. The molecule has 1 aromatic rings. The van der Waals surface area contributed by atoms with E-state index in [0.29, 0.717) is 0 Å². The van der Waals surface area contributed by atoms with E-state index in [1.165, 1.54) is 24.1 Å².